The zero-order valence-corrected chi connectivity index (χ0v) is 39.1. The number of rotatable bonds is 4. The van der Waals surface area contributed by atoms with Gasteiger partial charge in [-0.1, -0.05) is 206 Å². The number of anilines is 3. The third-order valence-corrected chi connectivity index (χ3v) is 15.9. The van der Waals surface area contributed by atoms with Crippen molar-refractivity contribution in [2.45, 2.75) is 18.3 Å². The normalized spacial score (nSPS) is 14.7. The molecular weight excluding hydrogens is 857 g/mol. The minimum absolute atomic E-state index is 0.577. The van der Waals surface area contributed by atoms with Crippen molar-refractivity contribution >= 4 is 38.9 Å². The summed E-state index contributed by atoms with van der Waals surface area (Å²) in [6.45, 7) is 0. The first-order chi connectivity index (χ1) is 35.2. The number of nitrogens with zero attached hydrogens (tertiary/aromatic N) is 2. The molecule has 2 heterocycles. The fourth-order valence-corrected chi connectivity index (χ4v) is 12.9. The van der Waals surface area contributed by atoms with Gasteiger partial charge in [0.15, 0.2) is 0 Å². The third kappa shape index (κ3) is 5.83. The first-order valence-corrected chi connectivity index (χ1v) is 24.9. The lowest BCUT2D eigenvalue weighted by molar-refractivity contribution is 0.748. The van der Waals surface area contributed by atoms with Crippen LogP contribution >= 0.6 is 0 Å². The van der Waals surface area contributed by atoms with E-state index >= 15 is 0 Å². The smallest absolute Gasteiger partial charge is 0.0755 e. The SMILES string of the molecule is c1ccc(-c2cccc(N(c3ccc4c(c3)Cc3ccccc3-c3ccccc3Cc3ccccc3-4)c3ccc4c(c3)C3(c5ccccc5-4)c4ccccc4-n4c5ccccc5c5cccc3c54)c2)cc1. The first kappa shape index (κ1) is 40.0. The molecule has 15 rings (SSSR count). The number of benzene rings is 11. The molecule has 332 valence electrons. The second-order valence-corrected chi connectivity index (χ2v) is 19.5. The van der Waals surface area contributed by atoms with E-state index in [0.717, 1.165) is 29.9 Å². The van der Waals surface area contributed by atoms with Crippen LogP contribution in [0.15, 0.2) is 255 Å². The fraction of sp³-hybridized carbons (Fsp3) is 0.0435. The van der Waals surface area contributed by atoms with Crippen LogP contribution in [0.3, 0.4) is 0 Å². The van der Waals surface area contributed by atoms with Crippen LogP contribution in [0, 0.1) is 0 Å². The Hall–Kier alpha value is -8.98. The van der Waals surface area contributed by atoms with Crippen molar-refractivity contribution in [3.8, 4) is 50.2 Å². The molecule has 12 aromatic rings. The van der Waals surface area contributed by atoms with E-state index in [2.05, 4.69) is 264 Å². The quantitative estimate of drug-likeness (QED) is 0.171. The summed E-state index contributed by atoms with van der Waals surface area (Å²) in [6, 6.07) is 95.8. The van der Waals surface area contributed by atoms with E-state index < -0.39 is 5.41 Å². The van der Waals surface area contributed by atoms with E-state index in [0.29, 0.717) is 0 Å². The zero-order valence-electron chi connectivity index (χ0n) is 39.1. The third-order valence-electron chi connectivity index (χ3n) is 15.9. The minimum atomic E-state index is -0.577. The Balaban J connectivity index is 0.996. The van der Waals surface area contributed by atoms with Crippen molar-refractivity contribution in [3.63, 3.8) is 0 Å². The molecule has 1 spiro atoms. The highest BCUT2D eigenvalue weighted by Crippen LogP contribution is 2.62. The molecule has 2 heteroatoms. The van der Waals surface area contributed by atoms with Crippen molar-refractivity contribution in [1.82, 2.24) is 4.57 Å². The molecule has 1 aromatic heterocycles. The molecule has 0 amide bonds. The largest absolute Gasteiger partial charge is 0.310 e. The van der Waals surface area contributed by atoms with Gasteiger partial charge in [-0.3, -0.25) is 0 Å². The van der Waals surface area contributed by atoms with E-state index in [1.54, 1.807) is 0 Å². The van der Waals surface area contributed by atoms with E-state index in [-0.39, 0.29) is 0 Å². The molecule has 1 unspecified atom stereocenters. The minimum Gasteiger partial charge on any atom is -0.310 e. The summed E-state index contributed by atoms with van der Waals surface area (Å²) < 4.78 is 2.53. The van der Waals surface area contributed by atoms with E-state index in [9.17, 15) is 0 Å². The molecule has 0 fully saturated rings. The zero-order chi connectivity index (χ0) is 46.6. The molecule has 0 radical (unpaired) electrons. The van der Waals surface area contributed by atoms with Gasteiger partial charge in [-0.2, -0.15) is 0 Å². The van der Waals surface area contributed by atoms with Crippen LogP contribution in [0.25, 0.3) is 72.0 Å². The van der Waals surface area contributed by atoms with Gasteiger partial charge in [-0.05, 0) is 150 Å². The summed E-state index contributed by atoms with van der Waals surface area (Å²) in [7, 11) is 0. The molecule has 2 nitrogen and oxygen atoms in total. The second-order valence-electron chi connectivity index (χ2n) is 19.5. The van der Waals surface area contributed by atoms with Gasteiger partial charge < -0.3 is 9.47 Å². The Labute approximate surface area is 414 Å². The van der Waals surface area contributed by atoms with Gasteiger partial charge in [0, 0.05) is 27.8 Å². The summed E-state index contributed by atoms with van der Waals surface area (Å²) in [5, 5.41) is 2.56. The maximum Gasteiger partial charge on any atom is 0.0755 e. The Morgan fingerprint density at radius 3 is 1.58 bits per heavy atom. The molecule has 2 aliphatic carbocycles. The van der Waals surface area contributed by atoms with Crippen molar-refractivity contribution < 1.29 is 0 Å². The van der Waals surface area contributed by atoms with Gasteiger partial charge in [-0.15, -0.1) is 0 Å². The van der Waals surface area contributed by atoms with Gasteiger partial charge in [0.2, 0.25) is 0 Å². The molecule has 1 aliphatic heterocycles. The highest BCUT2D eigenvalue weighted by Gasteiger charge is 2.51. The molecule has 11 aromatic carbocycles. The van der Waals surface area contributed by atoms with Crippen LogP contribution in [0.2, 0.25) is 0 Å². The highest BCUT2D eigenvalue weighted by atomic mass is 15.1. The van der Waals surface area contributed by atoms with Crippen LogP contribution < -0.4 is 4.90 Å². The van der Waals surface area contributed by atoms with Gasteiger partial charge in [-0.25, -0.2) is 0 Å². The average molecular weight is 903 g/mol. The lowest BCUT2D eigenvalue weighted by Gasteiger charge is -2.40. The van der Waals surface area contributed by atoms with Gasteiger partial charge >= 0.3 is 0 Å². The Bertz CT molecular complexity index is 4140. The molecule has 0 saturated heterocycles. The number of hydrogen-bond donors (Lipinski definition) is 0. The standard InChI is InChI=1S/C69H46N2/c1-2-18-45(19-3-1)46-23-16-24-51(42-46)70(52-36-38-57-50(43-52)41-49-22-6-8-26-55(49)54-25-7-4-20-47(54)40-48-21-5-9-27-56(48)57)53-37-39-59-58-28-10-12-31-62(58)69(65(59)44-53)63-32-13-15-35-67(63)71-66-34-14-11-29-60(66)61-30-17-33-64(69)68(61)71/h1-39,42-44H,40-41H2. The van der Waals surface area contributed by atoms with Crippen molar-refractivity contribution in [3.05, 3.63) is 299 Å². The number of fused-ring (bicyclic) bond motifs is 18. The van der Waals surface area contributed by atoms with Gasteiger partial charge in [0.25, 0.3) is 0 Å². The number of hydrogen-bond acceptors (Lipinski definition) is 1. The Kier molecular flexibility index (Phi) is 8.73. The molecule has 71 heavy (non-hydrogen) atoms. The maximum absolute atomic E-state index is 2.53. The monoisotopic (exact) mass is 902 g/mol. The predicted molar refractivity (Wildman–Crippen MR) is 295 cm³/mol. The van der Waals surface area contributed by atoms with Crippen LogP contribution in [-0.2, 0) is 18.3 Å². The van der Waals surface area contributed by atoms with Crippen LogP contribution in [0.1, 0.15) is 44.5 Å². The summed E-state index contributed by atoms with van der Waals surface area (Å²) in [6.07, 6.45) is 1.65. The average Bonchev–Trinajstić information content (AvgIpc) is 3.92. The first-order valence-electron chi connectivity index (χ1n) is 24.9. The molecule has 0 bridgehead atoms. The lowest BCUT2D eigenvalue weighted by Crippen LogP contribution is -2.33. The van der Waals surface area contributed by atoms with Crippen LogP contribution in [0.5, 0.6) is 0 Å². The molecule has 0 N–H and O–H groups in total. The summed E-state index contributed by atoms with van der Waals surface area (Å²) >= 11 is 0. The Morgan fingerprint density at radius 2 is 0.817 bits per heavy atom. The van der Waals surface area contributed by atoms with Crippen LogP contribution in [0.4, 0.5) is 17.1 Å². The summed E-state index contributed by atoms with van der Waals surface area (Å²) in [4.78, 5) is 2.52. The van der Waals surface area contributed by atoms with E-state index in [1.165, 1.54) is 117 Å². The number of para-hydroxylation sites is 3. The van der Waals surface area contributed by atoms with Crippen molar-refractivity contribution in [1.29, 1.82) is 0 Å². The Morgan fingerprint density at radius 1 is 0.310 bits per heavy atom. The van der Waals surface area contributed by atoms with Crippen molar-refractivity contribution in [2.24, 2.45) is 0 Å². The highest BCUT2D eigenvalue weighted by molar-refractivity contribution is 6.13. The van der Waals surface area contributed by atoms with Gasteiger partial charge in [0.1, 0.15) is 0 Å². The summed E-state index contributed by atoms with van der Waals surface area (Å²) in [5.41, 5.74) is 27.2. The number of aromatic nitrogens is 1. The van der Waals surface area contributed by atoms with E-state index in [4.69, 9.17) is 0 Å². The van der Waals surface area contributed by atoms with E-state index in [1.807, 2.05) is 0 Å². The maximum atomic E-state index is 2.53. The predicted octanol–water partition coefficient (Wildman–Crippen LogP) is 17.4. The molecule has 3 aliphatic rings. The van der Waals surface area contributed by atoms with Gasteiger partial charge in [0.05, 0.1) is 22.1 Å². The fourth-order valence-electron chi connectivity index (χ4n) is 12.9. The summed E-state index contributed by atoms with van der Waals surface area (Å²) in [5.74, 6) is 0. The molecule has 0 saturated carbocycles. The van der Waals surface area contributed by atoms with Crippen LogP contribution in [-0.4, -0.2) is 4.57 Å². The van der Waals surface area contributed by atoms with Crippen molar-refractivity contribution in [2.75, 3.05) is 4.90 Å². The molecular formula is C69H46N2. The second kappa shape index (κ2) is 15.5. The topological polar surface area (TPSA) is 8.17 Å². The molecule has 1 atom stereocenters. The lowest BCUT2D eigenvalue weighted by atomic mass is 9.65.